The summed E-state index contributed by atoms with van der Waals surface area (Å²) in [7, 11) is 1.61. The van der Waals surface area contributed by atoms with Crippen molar-refractivity contribution in [2.45, 2.75) is 64.7 Å². The molecule has 2 N–H and O–H groups in total. The number of nitrogens with one attached hydrogen (secondary N) is 2. The molecule has 0 aromatic heterocycles. The lowest BCUT2D eigenvalue weighted by atomic mass is 10.1. The fourth-order valence-corrected chi connectivity index (χ4v) is 3.68. The first-order valence-corrected chi connectivity index (χ1v) is 11.1. The van der Waals surface area contributed by atoms with Gasteiger partial charge in [-0.3, -0.25) is 9.59 Å². The van der Waals surface area contributed by atoms with Crippen molar-refractivity contribution in [1.29, 1.82) is 0 Å². The van der Waals surface area contributed by atoms with Gasteiger partial charge in [0.1, 0.15) is 0 Å². The topological polar surface area (TPSA) is 70.7 Å². The van der Waals surface area contributed by atoms with Crippen LogP contribution in [0.4, 0.5) is 11.4 Å². The van der Waals surface area contributed by atoms with Gasteiger partial charge in [-0.05, 0) is 37.5 Å². The smallest absolute Gasteiger partial charge is 0.253 e. The third-order valence-corrected chi connectivity index (χ3v) is 5.32. The number of hydrogen-bond donors (Lipinski definition) is 2. The van der Waals surface area contributed by atoms with Gasteiger partial charge in [-0.1, -0.05) is 39.0 Å². The monoisotopic (exact) mass is 403 g/mol. The maximum Gasteiger partial charge on any atom is 0.253 e. The number of hydrogen-bond acceptors (Lipinski definition) is 4. The van der Waals surface area contributed by atoms with Crippen LogP contribution in [-0.4, -0.2) is 45.2 Å². The molecule has 0 aliphatic carbocycles. The minimum Gasteiger partial charge on any atom is -0.383 e. The van der Waals surface area contributed by atoms with Gasteiger partial charge in [0.25, 0.3) is 5.91 Å². The van der Waals surface area contributed by atoms with Gasteiger partial charge in [-0.15, -0.1) is 0 Å². The van der Waals surface area contributed by atoms with E-state index >= 15 is 0 Å². The molecule has 6 heteroatoms. The van der Waals surface area contributed by atoms with E-state index in [0.717, 1.165) is 44.5 Å². The van der Waals surface area contributed by atoms with Crippen molar-refractivity contribution in [2.24, 2.45) is 0 Å². The number of unbranched alkanes of at least 4 members (excludes halogenated alkanes) is 5. The largest absolute Gasteiger partial charge is 0.383 e. The predicted octanol–water partition coefficient (Wildman–Crippen LogP) is 4.35. The molecule has 1 aliphatic heterocycles. The van der Waals surface area contributed by atoms with Crippen LogP contribution in [-0.2, 0) is 9.53 Å². The van der Waals surface area contributed by atoms with Crippen LogP contribution in [0.5, 0.6) is 0 Å². The van der Waals surface area contributed by atoms with E-state index in [0.29, 0.717) is 30.8 Å². The summed E-state index contributed by atoms with van der Waals surface area (Å²) in [5.41, 5.74) is 2.23. The lowest BCUT2D eigenvalue weighted by Crippen LogP contribution is -2.30. The average molecular weight is 404 g/mol. The van der Waals surface area contributed by atoms with Crippen LogP contribution in [0.2, 0.25) is 0 Å². The summed E-state index contributed by atoms with van der Waals surface area (Å²) >= 11 is 0. The summed E-state index contributed by atoms with van der Waals surface area (Å²) in [6.07, 6.45) is 9.74. The van der Waals surface area contributed by atoms with Crippen LogP contribution in [0.25, 0.3) is 0 Å². The van der Waals surface area contributed by atoms with Crippen molar-refractivity contribution < 1.29 is 14.3 Å². The van der Waals surface area contributed by atoms with E-state index in [1.54, 1.807) is 13.2 Å². The maximum atomic E-state index is 12.7. The molecule has 1 aromatic rings. The van der Waals surface area contributed by atoms with Gasteiger partial charge in [0.15, 0.2) is 0 Å². The Morgan fingerprint density at radius 2 is 1.79 bits per heavy atom. The van der Waals surface area contributed by atoms with Gasteiger partial charge in [0.2, 0.25) is 5.91 Å². The van der Waals surface area contributed by atoms with Gasteiger partial charge in [-0.2, -0.15) is 0 Å². The summed E-state index contributed by atoms with van der Waals surface area (Å²) in [5.74, 6) is -0.115. The third-order valence-electron chi connectivity index (χ3n) is 5.32. The lowest BCUT2D eigenvalue weighted by molar-refractivity contribution is -0.116. The first kappa shape index (κ1) is 23.2. The number of benzene rings is 1. The maximum absolute atomic E-state index is 12.7. The molecule has 0 saturated carbocycles. The van der Waals surface area contributed by atoms with Gasteiger partial charge < -0.3 is 20.3 Å². The molecule has 0 bridgehead atoms. The Morgan fingerprint density at radius 3 is 2.52 bits per heavy atom. The molecule has 0 unspecified atom stereocenters. The number of carbonyl (C=O) groups is 2. The number of anilines is 2. The van der Waals surface area contributed by atoms with Crippen LogP contribution in [0.15, 0.2) is 18.2 Å². The van der Waals surface area contributed by atoms with E-state index in [2.05, 4.69) is 22.5 Å². The van der Waals surface area contributed by atoms with Crippen molar-refractivity contribution in [1.82, 2.24) is 5.32 Å². The Kier molecular flexibility index (Phi) is 10.6. The second kappa shape index (κ2) is 13.2. The SMILES string of the molecule is CCCCCCCCC(=O)Nc1ccc(N2CCCC2)c(C(=O)NCCOC)c1. The number of carbonyl (C=O) groups excluding carboxylic acids is 2. The number of ether oxygens (including phenoxy) is 1. The number of methoxy groups -OCH3 is 1. The van der Waals surface area contributed by atoms with Gasteiger partial charge in [0.05, 0.1) is 12.2 Å². The Bertz CT molecular complexity index is 642. The van der Waals surface area contributed by atoms with Crippen LogP contribution >= 0.6 is 0 Å². The Morgan fingerprint density at radius 1 is 1.07 bits per heavy atom. The van der Waals surface area contributed by atoms with E-state index in [9.17, 15) is 9.59 Å². The van der Waals surface area contributed by atoms with E-state index in [4.69, 9.17) is 4.74 Å². The van der Waals surface area contributed by atoms with Crippen LogP contribution in [0.3, 0.4) is 0 Å². The van der Waals surface area contributed by atoms with E-state index in [-0.39, 0.29) is 11.8 Å². The van der Waals surface area contributed by atoms with Crippen LogP contribution in [0.1, 0.15) is 75.1 Å². The van der Waals surface area contributed by atoms with Crippen molar-refractivity contribution in [2.75, 3.05) is 43.6 Å². The lowest BCUT2D eigenvalue weighted by Gasteiger charge is -2.22. The highest BCUT2D eigenvalue weighted by Crippen LogP contribution is 2.27. The summed E-state index contributed by atoms with van der Waals surface area (Å²) in [5, 5.41) is 5.86. The highest BCUT2D eigenvalue weighted by Gasteiger charge is 2.20. The van der Waals surface area contributed by atoms with E-state index in [1.165, 1.54) is 25.7 Å². The Hall–Kier alpha value is -2.08. The predicted molar refractivity (Wildman–Crippen MR) is 119 cm³/mol. The standard InChI is InChI=1S/C23H37N3O3/c1-3-4-5-6-7-8-11-22(27)25-19-12-13-21(26-15-9-10-16-26)20(18-19)23(28)24-14-17-29-2/h12-13,18H,3-11,14-17H2,1-2H3,(H,24,28)(H,25,27). The molecule has 1 aliphatic rings. The quantitative estimate of drug-likeness (QED) is 0.480. The minimum atomic E-state index is -0.129. The van der Waals surface area contributed by atoms with Gasteiger partial charge in [0, 0.05) is 44.5 Å². The first-order valence-electron chi connectivity index (χ1n) is 11.1. The second-order valence-electron chi connectivity index (χ2n) is 7.74. The molecule has 0 atom stereocenters. The molecule has 29 heavy (non-hydrogen) atoms. The third kappa shape index (κ3) is 8.05. The number of nitrogens with zero attached hydrogens (tertiary/aromatic N) is 1. The summed E-state index contributed by atoms with van der Waals surface area (Å²) < 4.78 is 5.02. The van der Waals surface area contributed by atoms with E-state index in [1.807, 2.05) is 12.1 Å². The second-order valence-corrected chi connectivity index (χ2v) is 7.74. The molecule has 2 rings (SSSR count). The van der Waals surface area contributed by atoms with Crippen molar-refractivity contribution in [3.8, 4) is 0 Å². The molecule has 1 aromatic carbocycles. The van der Waals surface area contributed by atoms with Crippen molar-refractivity contribution in [3.63, 3.8) is 0 Å². The highest BCUT2D eigenvalue weighted by molar-refractivity contribution is 6.02. The molecule has 1 fully saturated rings. The Balaban J connectivity index is 1.96. The zero-order valence-corrected chi connectivity index (χ0v) is 18.1. The minimum absolute atomic E-state index is 0.0140. The Labute approximate surface area is 175 Å². The fraction of sp³-hybridized carbons (Fsp3) is 0.652. The molecular weight excluding hydrogens is 366 g/mol. The van der Waals surface area contributed by atoms with Crippen molar-refractivity contribution in [3.05, 3.63) is 23.8 Å². The molecule has 0 spiro atoms. The normalized spacial score (nSPS) is 13.5. The highest BCUT2D eigenvalue weighted by atomic mass is 16.5. The molecule has 0 radical (unpaired) electrons. The fourth-order valence-electron chi connectivity index (χ4n) is 3.68. The van der Waals surface area contributed by atoms with Gasteiger partial charge >= 0.3 is 0 Å². The molecule has 6 nitrogen and oxygen atoms in total. The first-order chi connectivity index (χ1) is 14.2. The molecule has 1 saturated heterocycles. The number of amides is 2. The van der Waals surface area contributed by atoms with Crippen molar-refractivity contribution >= 4 is 23.2 Å². The molecule has 2 amide bonds. The summed E-state index contributed by atoms with van der Waals surface area (Å²) in [6, 6.07) is 5.66. The number of rotatable bonds is 13. The van der Waals surface area contributed by atoms with Gasteiger partial charge in [-0.25, -0.2) is 0 Å². The van der Waals surface area contributed by atoms with E-state index < -0.39 is 0 Å². The summed E-state index contributed by atoms with van der Waals surface area (Å²) in [6.45, 7) is 5.06. The zero-order chi connectivity index (χ0) is 20.9. The summed E-state index contributed by atoms with van der Waals surface area (Å²) in [4.78, 5) is 27.3. The average Bonchev–Trinajstić information content (AvgIpc) is 3.25. The molecule has 1 heterocycles. The van der Waals surface area contributed by atoms with Crippen LogP contribution < -0.4 is 15.5 Å². The zero-order valence-electron chi connectivity index (χ0n) is 18.1. The van der Waals surface area contributed by atoms with Crippen LogP contribution in [0, 0.1) is 0 Å². The molecular formula is C23H37N3O3. The molecule has 162 valence electrons.